The lowest BCUT2D eigenvalue weighted by molar-refractivity contribution is 0.153. The number of rotatable bonds is 2. The van der Waals surface area contributed by atoms with Crippen molar-refractivity contribution in [2.45, 2.75) is 19.1 Å². The number of benzene rings is 1. The lowest BCUT2D eigenvalue weighted by Gasteiger charge is -2.14. The smallest absolute Gasteiger partial charge is 0.164 e. The lowest BCUT2D eigenvalue weighted by atomic mass is 10.0. The Bertz CT molecular complexity index is 302. The van der Waals surface area contributed by atoms with Crippen LogP contribution in [0.2, 0.25) is 0 Å². The molecule has 0 aliphatic rings. The number of halogens is 1. The van der Waals surface area contributed by atoms with E-state index in [1.165, 1.54) is 12.1 Å². The fraction of sp³-hybridized carbons (Fsp3) is 0.333. The molecule has 0 spiro atoms. The quantitative estimate of drug-likeness (QED) is 0.641. The van der Waals surface area contributed by atoms with Crippen LogP contribution in [0.25, 0.3) is 0 Å². The first-order valence-electron chi connectivity index (χ1n) is 3.94. The predicted molar refractivity (Wildman–Crippen MR) is 46.7 cm³/mol. The highest BCUT2D eigenvalue weighted by Gasteiger charge is 2.13. The summed E-state index contributed by atoms with van der Waals surface area (Å²) < 4.78 is 12.6. The van der Waals surface area contributed by atoms with Crippen molar-refractivity contribution in [1.29, 1.82) is 0 Å². The number of nitrogens with two attached hydrogens (primary N) is 1. The van der Waals surface area contributed by atoms with Crippen LogP contribution in [0.15, 0.2) is 18.2 Å². The molecular formula is C9H12FNO2. The summed E-state index contributed by atoms with van der Waals surface area (Å²) in [5.74, 6) is -1.18. The Hall–Kier alpha value is -1.13. The van der Waals surface area contributed by atoms with E-state index < -0.39 is 23.7 Å². The topological polar surface area (TPSA) is 66.5 Å². The van der Waals surface area contributed by atoms with Crippen LogP contribution in [-0.4, -0.2) is 16.3 Å². The van der Waals surface area contributed by atoms with Gasteiger partial charge in [0.25, 0.3) is 0 Å². The third-order valence-electron chi connectivity index (χ3n) is 1.81. The van der Waals surface area contributed by atoms with Crippen molar-refractivity contribution in [2.75, 3.05) is 0 Å². The van der Waals surface area contributed by atoms with Gasteiger partial charge in [0.2, 0.25) is 0 Å². The van der Waals surface area contributed by atoms with Crippen molar-refractivity contribution < 1.29 is 14.6 Å². The van der Waals surface area contributed by atoms with Crippen molar-refractivity contribution >= 4 is 0 Å². The summed E-state index contributed by atoms with van der Waals surface area (Å²) in [4.78, 5) is 0. The molecule has 0 amide bonds. The Morgan fingerprint density at radius 2 is 2.08 bits per heavy atom. The van der Waals surface area contributed by atoms with Gasteiger partial charge in [-0.2, -0.15) is 0 Å². The monoisotopic (exact) mass is 185 g/mol. The minimum Gasteiger partial charge on any atom is -0.505 e. The molecule has 0 fully saturated rings. The number of aromatic hydroxyl groups is 1. The summed E-state index contributed by atoms with van der Waals surface area (Å²) in [6.07, 6.45) is -0.883. The molecule has 0 unspecified atom stereocenters. The molecular weight excluding hydrogens is 173 g/mol. The van der Waals surface area contributed by atoms with Gasteiger partial charge in [0.1, 0.15) is 0 Å². The Balaban J connectivity index is 2.97. The fourth-order valence-corrected chi connectivity index (χ4v) is 1.02. The SMILES string of the molecule is C[C@H](N)[C@H](O)c1ccc(F)c(O)c1. The summed E-state index contributed by atoms with van der Waals surface area (Å²) in [6.45, 7) is 1.63. The molecule has 0 aromatic heterocycles. The molecule has 4 heteroatoms. The van der Waals surface area contributed by atoms with Crippen LogP contribution in [0.5, 0.6) is 5.75 Å². The number of aliphatic hydroxyl groups is 1. The van der Waals surface area contributed by atoms with Crippen LogP contribution in [0.3, 0.4) is 0 Å². The average molecular weight is 185 g/mol. The van der Waals surface area contributed by atoms with Crippen LogP contribution >= 0.6 is 0 Å². The zero-order valence-electron chi connectivity index (χ0n) is 7.24. The van der Waals surface area contributed by atoms with E-state index in [-0.39, 0.29) is 0 Å². The van der Waals surface area contributed by atoms with Gasteiger partial charge in [0.15, 0.2) is 11.6 Å². The number of phenols is 1. The molecule has 0 saturated heterocycles. The van der Waals surface area contributed by atoms with E-state index in [2.05, 4.69) is 0 Å². The molecule has 0 bridgehead atoms. The van der Waals surface area contributed by atoms with E-state index in [0.717, 1.165) is 6.07 Å². The van der Waals surface area contributed by atoms with E-state index >= 15 is 0 Å². The van der Waals surface area contributed by atoms with Crippen LogP contribution in [0.1, 0.15) is 18.6 Å². The molecule has 0 heterocycles. The number of hydrogen-bond donors (Lipinski definition) is 3. The summed E-state index contributed by atoms with van der Waals surface area (Å²) in [7, 11) is 0. The first-order chi connectivity index (χ1) is 6.02. The van der Waals surface area contributed by atoms with Crippen molar-refractivity contribution in [3.8, 4) is 5.75 Å². The normalized spacial score (nSPS) is 15.4. The largest absolute Gasteiger partial charge is 0.505 e. The Morgan fingerprint density at radius 1 is 1.46 bits per heavy atom. The van der Waals surface area contributed by atoms with Crippen molar-refractivity contribution in [2.24, 2.45) is 5.73 Å². The molecule has 0 radical (unpaired) electrons. The third-order valence-corrected chi connectivity index (χ3v) is 1.81. The van der Waals surface area contributed by atoms with Crippen molar-refractivity contribution in [3.05, 3.63) is 29.6 Å². The second kappa shape index (κ2) is 3.72. The zero-order chi connectivity index (χ0) is 10.0. The molecule has 1 rings (SSSR count). The summed E-state index contributed by atoms with van der Waals surface area (Å²) in [5, 5.41) is 18.5. The summed E-state index contributed by atoms with van der Waals surface area (Å²) in [5.41, 5.74) is 5.84. The Morgan fingerprint density at radius 3 is 2.54 bits per heavy atom. The van der Waals surface area contributed by atoms with Gasteiger partial charge in [-0.15, -0.1) is 0 Å². The minimum absolute atomic E-state index is 0.411. The van der Waals surface area contributed by atoms with Crippen LogP contribution in [0, 0.1) is 5.82 Å². The summed E-state index contributed by atoms with van der Waals surface area (Å²) in [6, 6.07) is 3.20. The molecule has 1 aromatic rings. The highest BCUT2D eigenvalue weighted by atomic mass is 19.1. The Labute approximate surface area is 75.6 Å². The maximum Gasteiger partial charge on any atom is 0.164 e. The standard InChI is InChI=1S/C9H12FNO2/c1-5(11)9(13)6-2-3-7(10)8(12)4-6/h2-5,9,12-13H,11H2,1H3/t5-,9-/m0/s1. The van der Waals surface area contributed by atoms with E-state index in [4.69, 9.17) is 10.8 Å². The van der Waals surface area contributed by atoms with Gasteiger partial charge < -0.3 is 15.9 Å². The second-order valence-corrected chi connectivity index (χ2v) is 3.01. The van der Waals surface area contributed by atoms with E-state index in [0.29, 0.717) is 5.56 Å². The highest BCUT2D eigenvalue weighted by molar-refractivity contribution is 5.30. The van der Waals surface area contributed by atoms with Crippen LogP contribution in [0.4, 0.5) is 4.39 Å². The highest BCUT2D eigenvalue weighted by Crippen LogP contribution is 2.22. The first kappa shape index (κ1) is 9.95. The predicted octanol–water partition coefficient (Wildman–Crippen LogP) is 0.912. The molecule has 3 nitrogen and oxygen atoms in total. The maximum absolute atomic E-state index is 12.6. The molecule has 1 aromatic carbocycles. The van der Waals surface area contributed by atoms with Crippen LogP contribution < -0.4 is 5.73 Å². The summed E-state index contributed by atoms with van der Waals surface area (Å²) >= 11 is 0. The average Bonchev–Trinajstić information content (AvgIpc) is 2.08. The van der Waals surface area contributed by atoms with Gasteiger partial charge in [-0.25, -0.2) is 4.39 Å². The van der Waals surface area contributed by atoms with Crippen molar-refractivity contribution in [1.82, 2.24) is 0 Å². The number of phenolic OH excluding ortho intramolecular Hbond substituents is 1. The molecule has 0 aliphatic carbocycles. The van der Waals surface area contributed by atoms with Gasteiger partial charge in [-0.05, 0) is 24.6 Å². The van der Waals surface area contributed by atoms with E-state index in [1.54, 1.807) is 6.92 Å². The van der Waals surface area contributed by atoms with Crippen LogP contribution in [-0.2, 0) is 0 Å². The van der Waals surface area contributed by atoms with Gasteiger partial charge in [0, 0.05) is 6.04 Å². The van der Waals surface area contributed by atoms with Gasteiger partial charge in [-0.1, -0.05) is 6.07 Å². The van der Waals surface area contributed by atoms with Crippen molar-refractivity contribution in [3.63, 3.8) is 0 Å². The van der Waals surface area contributed by atoms with E-state index in [9.17, 15) is 9.50 Å². The maximum atomic E-state index is 12.6. The number of aliphatic hydroxyl groups excluding tert-OH is 1. The molecule has 72 valence electrons. The first-order valence-corrected chi connectivity index (χ1v) is 3.94. The molecule has 13 heavy (non-hydrogen) atoms. The number of hydrogen-bond acceptors (Lipinski definition) is 3. The van der Waals surface area contributed by atoms with Gasteiger partial charge in [0.05, 0.1) is 6.10 Å². The van der Waals surface area contributed by atoms with Gasteiger partial charge >= 0.3 is 0 Å². The second-order valence-electron chi connectivity index (χ2n) is 3.01. The zero-order valence-corrected chi connectivity index (χ0v) is 7.24. The Kier molecular flexibility index (Phi) is 2.85. The lowest BCUT2D eigenvalue weighted by Crippen LogP contribution is -2.24. The molecule has 4 N–H and O–H groups in total. The molecule has 0 saturated carbocycles. The third kappa shape index (κ3) is 2.17. The minimum atomic E-state index is -0.883. The van der Waals surface area contributed by atoms with E-state index in [1.807, 2.05) is 0 Å². The molecule has 2 atom stereocenters. The fourth-order valence-electron chi connectivity index (χ4n) is 1.02. The molecule has 0 aliphatic heterocycles. The van der Waals surface area contributed by atoms with Gasteiger partial charge in [-0.3, -0.25) is 0 Å².